The molecule has 1 saturated heterocycles. The smallest absolute Gasteiger partial charge is 0.242 e. The fraction of sp³-hybridized carbons (Fsp3) is 0.833. The molecule has 1 aliphatic heterocycles. The Labute approximate surface area is 108 Å². The van der Waals surface area contributed by atoms with Gasteiger partial charge in [0.05, 0.1) is 19.7 Å². The van der Waals surface area contributed by atoms with E-state index in [2.05, 4.69) is 5.32 Å². The second-order valence-electron chi connectivity index (χ2n) is 4.53. The van der Waals surface area contributed by atoms with Crippen LogP contribution >= 0.6 is 0 Å². The topological polar surface area (TPSA) is 61.9 Å². The fourth-order valence-corrected chi connectivity index (χ4v) is 2.04. The van der Waals surface area contributed by atoms with Gasteiger partial charge < -0.3 is 19.9 Å². The third-order valence-corrected chi connectivity index (χ3v) is 3.07. The second-order valence-corrected chi connectivity index (χ2v) is 4.53. The van der Waals surface area contributed by atoms with E-state index in [-0.39, 0.29) is 30.9 Å². The minimum Gasteiger partial charge on any atom is -0.383 e. The van der Waals surface area contributed by atoms with Crippen LogP contribution in [-0.2, 0) is 14.3 Å². The van der Waals surface area contributed by atoms with Gasteiger partial charge in [-0.2, -0.15) is 0 Å². The quantitative estimate of drug-likeness (QED) is 0.655. The molecule has 1 aliphatic rings. The summed E-state index contributed by atoms with van der Waals surface area (Å²) in [6, 6.07) is 0.0597. The normalized spacial score (nSPS) is 18.4. The van der Waals surface area contributed by atoms with Gasteiger partial charge in [-0.3, -0.25) is 9.59 Å². The van der Waals surface area contributed by atoms with Crippen LogP contribution in [0.1, 0.15) is 13.3 Å². The molecule has 0 spiro atoms. The number of hydrogen-bond donors (Lipinski definition) is 1. The summed E-state index contributed by atoms with van der Waals surface area (Å²) in [6.07, 6.45) is 0.877. The molecule has 1 N–H and O–H groups in total. The Hall–Kier alpha value is -1.14. The number of rotatable bonds is 7. The first-order chi connectivity index (χ1) is 8.62. The number of nitrogens with one attached hydrogen (secondary N) is 1. The zero-order chi connectivity index (χ0) is 13.5. The van der Waals surface area contributed by atoms with Crippen molar-refractivity contribution in [3.8, 4) is 0 Å². The Bertz CT molecular complexity index is 296. The van der Waals surface area contributed by atoms with Crippen molar-refractivity contribution in [3.05, 3.63) is 0 Å². The van der Waals surface area contributed by atoms with Crippen molar-refractivity contribution in [2.75, 3.05) is 46.9 Å². The summed E-state index contributed by atoms with van der Waals surface area (Å²) in [6.45, 7) is 4.07. The van der Waals surface area contributed by atoms with Crippen LogP contribution < -0.4 is 5.32 Å². The van der Waals surface area contributed by atoms with E-state index >= 15 is 0 Å². The van der Waals surface area contributed by atoms with E-state index < -0.39 is 0 Å². The molecular weight excluding hydrogens is 234 g/mol. The number of ether oxygens (including phenoxy) is 1. The summed E-state index contributed by atoms with van der Waals surface area (Å²) in [5.74, 6) is 0.0446. The second kappa shape index (κ2) is 7.33. The van der Waals surface area contributed by atoms with Crippen LogP contribution in [0.3, 0.4) is 0 Å². The third-order valence-electron chi connectivity index (χ3n) is 3.07. The van der Waals surface area contributed by atoms with E-state index in [4.69, 9.17) is 4.74 Å². The van der Waals surface area contributed by atoms with Crippen molar-refractivity contribution in [2.24, 2.45) is 0 Å². The third kappa shape index (κ3) is 3.96. The molecule has 1 unspecified atom stereocenters. The zero-order valence-corrected chi connectivity index (χ0v) is 11.4. The lowest BCUT2D eigenvalue weighted by atomic mass is 10.2. The van der Waals surface area contributed by atoms with Gasteiger partial charge in [0.25, 0.3) is 0 Å². The van der Waals surface area contributed by atoms with Gasteiger partial charge in [0.1, 0.15) is 0 Å². The van der Waals surface area contributed by atoms with Crippen molar-refractivity contribution < 1.29 is 14.3 Å². The molecule has 6 nitrogen and oxygen atoms in total. The van der Waals surface area contributed by atoms with Crippen LogP contribution in [0.5, 0.6) is 0 Å². The average molecular weight is 257 g/mol. The molecule has 1 heterocycles. The number of nitrogens with zero attached hydrogens (tertiary/aromatic N) is 2. The minimum atomic E-state index is 0.0133. The first-order valence-electron chi connectivity index (χ1n) is 6.34. The molecule has 0 aliphatic carbocycles. The first-order valence-corrected chi connectivity index (χ1v) is 6.34. The van der Waals surface area contributed by atoms with Crippen molar-refractivity contribution in [2.45, 2.75) is 19.4 Å². The lowest BCUT2D eigenvalue weighted by Crippen LogP contribution is -2.56. The maximum Gasteiger partial charge on any atom is 0.242 e. The standard InChI is InChI=1S/C12H23N3O3/c1-4-5-14-7-12(17)15(8-11(14)16)6-10(13-2)9-18-3/h10,13H,4-9H2,1-3H3. The summed E-state index contributed by atoms with van der Waals surface area (Å²) < 4.78 is 5.06. The molecule has 1 rings (SSSR count). The number of hydrogen-bond acceptors (Lipinski definition) is 4. The van der Waals surface area contributed by atoms with Gasteiger partial charge in [-0.05, 0) is 13.5 Å². The molecule has 104 valence electrons. The molecule has 0 aromatic rings. The zero-order valence-electron chi connectivity index (χ0n) is 11.4. The van der Waals surface area contributed by atoms with Crippen molar-refractivity contribution in [1.29, 1.82) is 0 Å². The Morgan fingerprint density at radius 3 is 2.44 bits per heavy atom. The summed E-state index contributed by atoms with van der Waals surface area (Å²) in [5, 5.41) is 3.08. The van der Waals surface area contributed by atoms with Gasteiger partial charge in [0.15, 0.2) is 0 Å². The van der Waals surface area contributed by atoms with Gasteiger partial charge in [-0.25, -0.2) is 0 Å². The Balaban J connectivity index is 2.53. The maximum absolute atomic E-state index is 11.9. The highest BCUT2D eigenvalue weighted by Gasteiger charge is 2.30. The summed E-state index contributed by atoms with van der Waals surface area (Å²) in [4.78, 5) is 27.0. The van der Waals surface area contributed by atoms with Gasteiger partial charge in [0, 0.05) is 26.2 Å². The highest BCUT2D eigenvalue weighted by Crippen LogP contribution is 2.06. The molecule has 0 saturated carbocycles. The Morgan fingerprint density at radius 2 is 1.89 bits per heavy atom. The van der Waals surface area contributed by atoms with Crippen molar-refractivity contribution in [3.63, 3.8) is 0 Å². The average Bonchev–Trinajstić information content (AvgIpc) is 2.34. The highest BCUT2D eigenvalue weighted by atomic mass is 16.5. The van der Waals surface area contributed by atoms with Crippen LogP contribution in [0, 0.1) is 0 Å². The number of methoxy groups -OCH3 is 1. The lowest BCUT2D eigenvalue weighted by Gasteiger charge is -2.35. The van der Waals surface area contributed by atoms with Gasteiger partial charge >= 0.3 is 0 Å². The van der Waals surface area contributed by atoms with Crippen LogP contribution in [0.15, 0.2) is 0 Å². The molecular formula is C12H23N3O3. The largest absolute Gasteiger partial charge is 0.383 e. The number of likely N-dealkylation sites (N-methyl/N-ethyl adjacent to an activating group) is 1. The van der Waals surface area contributed by atoms with E-state index in [1.54, 1.807) is 16.9 Å². The van der Waals surface area contributed by atoms with Crippen molar-refractivity contribution >= 4 is 11.8 Å². The molecule has 0 bridgehead atoms. The van der Waals surface area contributed by atoms with Crippen LogP contribution in [-0.4, -0.2) is 74.6 Å². The number of piperazine rings is 1. The number of carbonyl (C=O) groups is 2. The molecule has 0 aromatic heterocycles. The van der Waals surface area contributed by atoms with Gasteiger partial charge in [0.2, 0.25) is 11.8 Å². The molecule has 1 atom stereocenters. The summed E-state index contributed by atoms with van der Waals surface area (Å²) in [5.41, 5.74) is 0. The highest BCUT2D eigenvalue weighted by molar-refractivity contribution is 5.92. The Morgan fingerprint density at radius 1 is 1.28 bits per heavy atom. The summed E-state index contributed by atoms with van der Waals surface area (Å²) >= 11 is 0. The number of amides is 2. The molecule has 0 radical (unpaired) electrons. The summed E-state index contributed by atoms with van der Waals surface area (Å²) in [7, 11) is 3.44. The number of carbonyl (C=O) groups excluding carboxylic acids is 2. The first kappa shape index (κ1) is 14.9. The predicted octanol–water partition coefficient (Wildman–Crippen LogP) is -0.698. The molecule has 1 fully saturated rings. The van der Waals surface area contributed by atoms with E-state index in [0.29, 0.717) is 19.7 Å². The predicted molar refractivity (Wildman–Crippen MR) is 68.2 cm³/mol. The van der Waals surface area contributed by atoms with Gasteiger partial charge in [-0.1, -0.05) is 6.92 Å². The SMILES string of the molecule is CCCN1CC(=O)N(CC(COC)NC)CC1=O. The monoisotopic (exact) mass is 257 g/mol. The molecule has 18 heavy (non-hydrogen) atoms. The fourth-order valence-electron chi connectivity index (χ4n) is 2.04. The molecule has 6 heteroatoms. The maximum atomic E-state index is 11.9. The van der Waals surface area contributed by atoms with E-state index in [0.717, 1.165) is 6.42 Å². The van der Waals surface area contributed by atoms with E-state index in [1.165, 1.54) is 0 Å². The van der Waals surface area contributed by atoms with Crippen LogP contribution in [0.25, 0.3) is 0 Å². The van der Waals surface area contributed by atoms with E-state index in [9.17, 15) is 9.59 Å². The van der Waals surface area contributed by atoms with Crippen LogP contribution in [0.2, 0.25) is 0 Å². The molecule has 2 amide bonds. The minimum absolute atomic E-state index is 0.0133. The van der Waals surface area contributed by atoms with Crippen molar-refractivity contribution in [1.82, 2.24) is 15.1 Å². The molecule has 0 aromatic carbocycles. The van der Waals surface area contributed by atoms with Gasteiger partial charge in [-0.15, -0.1) is 0 Å². The van der Waals surface area contributed by atoms with E-state index in [1.807, 2.05) is 14.0 Å². The lowest BCUT2D eigenvalue weighted by molar-refractivity contribution is -0.150. The Kier molecular flexibility index (Phi) is 6.07. The van der Waals surface area contributed by atoms with Crippen LogP contribution in [0.4, 0.5) is 0 Å².